The molecule has 2 aromatic rings. The smallest absolute Gasteiger partial charge is 0.249 e. The first kappa shape index (κ1) is 14.1. The predicted molar refractivity (Wildman–Crippen MR) is 79.1 cm³/mol. The van der Waals surface area contributed by atoms with E-state index in [1.807, 2.05) is 0 Å². The molecule has 0 unspecified atom stereocenters. The molecule has 5 nitrogen and oxygen atoms in total. The lowest BCUT2D eigenvalue weighted by Crippen LogP contribution is -2.23. The molecule has 0 saturated carbocycles. The zero-order chi connectivity index (χ0) is 15.1. The number of hydrogen-bond donors (Lipinski definition) is 2. The van der Waals surface area contributed by atoms with E-state index in [-0.39, 0.29) is 22.6 Å². The number of amides is 1. The van der Waals surface area contributed by atoms with Gasteiger partial charge in [-0.1, -0.05) is 29.3 Å². The number of nitrogens with zero attached hydrogens (tertiary/aromatic N) is 1. The van der Waals surface area contributed by atoms with E-state index in [1.54, 1.807) is 18.2 Å². The Kier molecular flexibility index (Phi) is 3.47. The normalized spacial score (nSPS) is 15.0. The van der Waals surface area contributed by atoms with Crippen LogP contribution >= 0.6 is 23.2 Å². The molecule has 7 heteroatoms. The van der Waals surface area contributed by atoms with E-state index in [0.717, 1.165) is 0 Å². The third-order valence-corrected chi connectivity index (χ3v) is 4.17. The largest absolute Gasteiger partial charge is 0.502 e. The fourth-order valence-electron chi connectivity index (χ4n) is 2.31. The third-order valence-electron chi connectivity index (χ3n) is 3.36. The van der Waals surface area contributed by atoms with Crippen molar-refractivity contribution in [3.05, 3.63) is 28.2 Å². The van der Waals surface area contributed by atoms with E-state index in [9.17, 15) is 15.0 Å². The third kappa shape index (κ3) is 2.22. The molecule has 0 aliphatic carbocycles. The SMILES string of the molecule is O=C1CCCN1c1oc(-c2cccc(Cl)c2Cl)c(O)c1O. The molecule has 1 amide bonds. The molecular weight excluding hydrogens is 317 g/mol. The van der Waals surface area contributed by atoms with Crippen LogP contribution in [0.4, 0.5) is 5.88 Å². The van der Waals surface area contributed by atoms with Crippen LogP contribution in [0.5, 0.6) is 11.5 Å². The van der Waals surface area contributed by atoms with Crippen molar-refractivity contribution in [2.45, 2.75) is 12.8 Å². The minimum absolute atomic E-state index is 0.0188. The second-order valence-electron chi connectivity index (χ2n) is 4.68. The molecule has 0 atom stereocenters. The molecule has 2 heterocycles. The summed E-state index contributed by atoms with van der Waals surface area (Å²) in [4.78, 5) is 13.0. The van der Waals surface area contributed by atoms with Crippen molar-refractivity contribution in [3.8, 4) is 22.8 Å². The summed E-state index contributed by atoms with van der Waals surface area (Å²) in [5, 5.41) is 20.5. The van der Waals surface area contributed by atoms with Gasteiger partial charge in [0.25, 0.3) is 0 Å². The highest BCUT2D eigenvalue weighted by atomic mass is 35.5. The van der Waals surface area contributed by atoms with Gasteiger partial charge in [-0.05, 0) is 18.6 Å². The van der Waals surface area contributed by atoms with E-state index < -0.39 is 11.5 Å². The molecule has 0 radical (unpaired) electrons. The molecule has 1 aromatic carbocycles. The maximum atomic E-state index is 11.7. The van der Waals surface area contributed by atoms with Crippen molar-refractivity contribution in [3.63, 3.8) is 0 Å². The van der Waals surface area contributed by atoms with Gasteiger partial charge in [0.2, 0.25) is 23.3 Å². The van der Waals surface area contributed by atoms with Gasteiger partial charge in [-0.25, -0.2) is 0 Å². The average molecular weight is 328 g/mol. The minimum atomic E-state index is -0.476. The summed E-state index contributed by atoms with van der Waals surface area (Å²) in [5.74, 6) is -1.19. The van der Waals surface area contributed by atoms with Crippen LogP contribution in [0.3, 0.4) is 0 Å². The highest BCUT2D eigenvalue weighted by Crippen LogP contribution is 2.49. The zero-order valence-electron chi connectivity index (χ0n) is 10.8. The van der Waals surface area contributed by atoms with Gasteiger partial charge < -0.3 is 14.6 Å². The maximum Gasteiger partial charge on any atom is 0.249 e. The Morgan fingerprint density at radius 1 is 1.19 bits per heavy atom. The first-order chi connectivity index (χ1) is 10.0. The summed E-state index contributed by atoms with van der Waals surface area (Å²) < 4.78 is 5.48. The van der Waals surface area contributed by atoms with Crippen molar-refractivity contribution < 1.29 is 19.4 Å². The second kappa shape index (κ2) is 5.16. The standard InChI is InChI=1S/C14H11Cl2NO4/c15-8-4-1-3-7(10(8)16)13-11(19)12(20)14(21-13)17-6-2-5-9(17)18/h1,3-4,19-20H,2,5-6H2. The summed E-state index contributed by atoms with van der Waals surface area (Å²) in [5.41, 5.74) is 0.342. The van der Waals surface area contributed by atoms with Crippen LogP contribution in [0.25, 0.3) is 11.3 Å². The first-order valence-corrected chi connectivity index (χ1v) is 7.05. The average Bonchev–Trinajstić information content (AvgIpc) is 2.99. The molecule has 110 valence electrons. The number of benzene rings is 1. The molecule has 1 aromatic heterocycles. The molecule has 2 N–H and O–H groups in total. The number of anilines is 1. The highest BCUT2D eigenvalue weighted by molar-refractivity contribution is 6.43. The molecule has 3 rings (SSSR count). The lowest BCUT2D eigenvalue weighted by atomic mass is 10.1. The number of rotatable bonds is 2. The summed E-state index contributed by atoms with van der Waals surface area (Å²) >= 11 is 12.0. The zero-order valence-corrected chi connectivity index (χ0v) is 12.3. The van der Waals surface area contributed by atoms with E-state index in [1.165, 1.54) is 4.90 Å². The minimum Gasteiger partial charge on any atom is -0.502 e. The van der Waals surface area contributed by atoms with Crippen molar-refractivity contribution in [2.75, 3.05) is 11.4 Å². The van der Waals surface area contributed by atoms with Crippen molar-refractivity contribution in [1.29, 1.82) is 0 Å². The Bertz CT molecular complexity index is 726. The van der Waals surface area contributed by atoms with Gasteiger partial charge in [0.15, 0.2) is 5.76 Å². The quantitative estimate of drug-likeness (QED) is 0.879. The lowest BCUT2D eigenvalue weighted by molar-refractivity contribution is -0.117. The summed E-state index contributed by atoms with van der Waals surface area (Å²) in [7, 11) is 0. The molecule has 1 saturated heterocycles. The molecular formula is C14H11Cl2NO4. The fraction of sp³-hybridized carbons (Fsp3) is 0.214. The Morgan fingerprint density at radius 3 is 2.62 bits per heavy atom. The number of furan rings is 1. The molecule has 1 fully saturated rings. The van der Waals surface area contributed by atoms with E-state index in [4.69, 9.17) is 27.6 Å². The van der Waals surface area contributed by atoms with Crippen LogP contribution in [0.1, 0.15) is 12.8 Å². The summed E-state index contributed by atoms with van der Waals surface area (Å²) in [6.07, 6.45) is 1.06. The Labute approximate surface area is 130 Å². The van der Waals surface area contributed by atoms with Crippen molar-refractivity contribution in [1.82, 2.24) is 0 Å². The first-order valence-electron chi connectivity index (χ1n) is 6.30. The summed E-state index contributed by atoms with van der Waals surface area (Å²) in [6.45, 7) is 0.433. The van der Waals surface area contributed by atoms with Gasteiger partial charge in [-0.3, -0.25) is 9.69 Å². The van der Waals surface area contributed by atoms with Crippen LogP contribution in [0.15, 0.2) is 22.6 Å². The van der Waals surface area contributed by atoms with Crippen molar-refractivity contribution in [2.24, 2.45) is 0 Å². The Balaban J connectivity index is 2.13. The number of halogens is 2. The molecule has 1 aliphatic rings. The topological polar surface area (TPSA) is 73.9 Å². The van der Waals surface area contributed by atoms with Crippen LogP contribution in [0, 0.1) is 0 Å². The molecule has 0 spiro atoms. The number of carbonyl (C=O) groups excluding carboxylic acids is 1. The van der Waals surface area contributed by atoms with Crippen LogP contribution < -0.4 is 4.90 Å². The van der Waals surface area contributed by atoms with Crippen LogP contribution in [-0.2, 0) is 4.79 Å². The van der Waals surface area contributed by atoms with Crippen LogP contribution in [-0.4, -0.2) is 22.7 Å². The van der Waals surface area contributed by atoms with Gasteiger partial charge in [0.1, 0.15) is 0 Å². The number of hydrogen-bond acceptors (Lipinski definition) is 4. The number of carbonyl (C=O) groups is 1. The lowest BCUT2D eigenvalue weighted by Gasteiger charge is -2.11. The van der Waals surface area contributed by atoms with E-state index >= 15 is 0 Å². The van der Waals surface area contributed by atoms with Gasteiger partial charge in [0, 0.05) is 18.5 Å². The van der Waals surface area contributed by atoms with Gasteiger partial charge in [-0.2, -0.15) is 0 Å². The van der Waals surface area contributed by atoms with Gasteiger partial charge in [-0.15, -0.1) is 0 Å². The Morgan fingerprint density at radius 2 is 1.95 bits per heavy atom. The summed E-state index contributed by atoms with van der Waals surface area (Å²) in [6, 6.07) is 4.84. The second-order valence-corrected chi connectivity index (χ2v) is 5.47. The maximum absolute atomic E-state index is 11.7. The highest BCUT2D eigenvalue weighted by Gasteiger charge is 2.31. The molecule has 21 heavy (non-hydrogen) atoms. The van der Waals surface area contributed by atoms with E-state index in [2.05, 4.69) is 0 Å². The monoisotopic (exact) mass is 327 g/mol. The van der Waals surface area contributed by atoms with Gasteiger partial charge >= 0.3 is 0 Å². The van der Waals surface area contributed by atoms with Crippen molar-refractivity contribution >= 4 is 35.0 Å². The van der Waals surface area contributed by atoms with Gasteiger partial charge in [0.05, 0.1) is 10.0 Å². The van der Waals surface area contributed by atoms with Crippen LogP contribution in [0.2, 0.25) is 10.0 Å². The Hall–Kier alpha value is -1.85. The number of aromatic hydroxyl groups is 2. The fourth-order valence-corrected chi connectivity index (χ4v) is 2.70. The molecule has 1 aliphatic heterocycles. The predicted octanol–water partition coefficient (Wildman–Crippen LogP) is 3.79. The molecule has 0 bridgehead atoms. The van der Waals surface area contributed by atoms with E-state index in [0.29, 0.717) is 30.0 Å².